The highest BCUT2D eigenvalue weighted by Gasteiger charge is 2.18. The Bertz CT molecular complexity index is 370. The molecule has 0 spiro atoms. The van der Waals surface area contributed by atoms with E-state index in [1.807, 2.05) is 0 Å². The standard InChI is InChI=1S/C16H24O/c1-3-4-6-12(2)16(17)15-10-9-13-7-5-8-14(13)11-15/h9-12,16-17H,3-8H2,1-2H3. The first-order valence-corrected chi connectivity index (χ1v) is 7.02. The number of fused-ring (bicyclic) bond motifs is 1. The maximum Gasteiger partial charge on any atom is 0.0815 e. The van der Waals surface area contributed by atoms with Crippen LogP contribution in [-0.4, -0.2) is 5.11 Å². The summed E-state index contributed by atoms with van der Waals surface area (Å²) in [6.07, 6.45) is 6.95. The molecular formula is C16H24O. The molecule has 1 aliphatic rings. The first-order valence-electron chi connectivity index (χ1n) is 7.02. The molecule has 0 fully saturated rings. The van der Waals surface area contributed by atoms with Gasteiger partial charge in [0.15, 0.2) is 0 Å². The molecule has 1 aromatic carbocycles. The third-order valence-corrected chi connectivity index (χ3v) is 4.02. The molecule has 1 aliphatic carbocycles. The number of aryl methyl sites for hydroxylation is 2. The van der Waals surface area contributed by atoms with E-state index in [9.17, 15) is 5.11 Å². The van der Waals surface area contributed by atoms with Gasteiger partial charge in [0.05, 0.1) is 6.10 Å². The highest BCUT2D eigenvalue weighted by atomic mass is 16.3. The Labute approximate surface area is 105 Å². The van der Waals surface area contributed by atoms with Crippen molar-refractivity contribution in [2.24, 2.45) is 5.92 Å². The molecule has 1 N–H and O–H groups in total. The van der Waals surface area contributed by atoms with Crippen molar-refractivity contribution >= 4 is 0 Å². The minimum absolute atomic E-state index is 0.285. The number of hydrogen-bond acceptors (Lipinski definition) is 1. The summed E-state index contributed by atoms with van der Waals surface area (Å²) < 4.78 is 0. The molecule has 0 saturated heterocycles. The van der Waals surface area contributed by atoms with Crippen molar-refractivity contribution in [3.05, 3.63) is 34.9 Å². The Morgan fingerprint density at radius 2 is 2.00 bits per heavy atom. The average molecular weight is 232 g/mol. The Kier molecular flexibility index (Phi) is 4.22. The van der Waals surface area contributed by atoms with E-state index in [1.165, 1.54) is 43.2 Å². The van der Waals surface area contributed by atoms with E-state index in [1.54, 1.807) is 0 Å². The van der Waals surface area contributed by atoms with Crippen molar-refractivity contribution in [2.75, 3.05) is 0 Å². The van der Waals surface area contributed by atoms with Gasteiger partial charge in [-0.1, -0.05) is 44.9 Å². The second kappa shape index (κ2) is 5.68. The number of aliphatic hydroxyl groups excluding tert-OH is 1. The van der Waals surface area contributed by atoms with Crippen molar-refractivity contribution in [2.45, 2.75) is 58.5 Å². The SMILES string of the molecule is CCCCC(C)C(O)c1ccc2c(c1)CCC2. The number of hydrogen-bond donors (Lipinski definition) is 1. The maximum atomic E-state index is 10.3. The van der Waals surface area contributed by atoms with Gasteiger partial charge in [-0.3, -0.25) is 0 Å². The molecule has 0 radical (unpaired) electrons. The maximum absolute atomic E-state index is 10.3. The van der Waals surface area contributed by atoms with Crippen LogP contribution in [-0.2, 0) is 12.8 Å². The molecule has 0 amide bonds. The van der Waals surface area contributed by atoms with Gasteiger partial charge in [0.2, 0.25) is 0 Å². The van der Waals surface area contributed by atoms with Gasteiger partial charge in [0, 0.05) is 0 Å². The van der Waals surface area contributed by atoms with Crippen molar-refractivity contribution in [1.29, 1.82) is 0 Å². The van der Waals surface area contributed by atoms with Crippen LogP contribution in [0.15, 0.2) is 18.2 Å². The molecule has 94 valence electrons. The Morgan fingerprint density at radius 1 is 1.24 bits per heavy atom. The zero-order valence-electron chi connectivity index (χ0n) is 11.1. The quantitative estimate of drug-likeness (QED) is 0.812. The van der Waals surface area contributed by atoms with Gasteiger partial charge in [0.25, 0.3) is 0 Å². The molecule has 2 atom stereocenters. The van der Waals surface area contributed by atoms with Crippen LogP contribution in [0.5, 0.6) is 0 Å². The predicted molar refractivity (Wildman–Crippen MR) is 72.1 cm³/mol. The van der Waals surface area contributed by atoms with Crippen molar-refractivity contribution < 1.29 is 5.11 Å². The summed E-state index contributed by atoms with van der Waals surface area (Å²) in [5.74, 6) is 0.370. The lowest BCUT2D eigenvalue weighted by Gasteiger charge is -2.19. The molecule has 17 heavy (non-hydrogen) atoms. The van der Waals surface area contributed by atoms with Crippen LogP contribution in [0.2, 0.25) is 0 Å². The van der Waals surface area contributed by atoms with Crippen LogP contribution in [0.4, 0.5) is 0 Å². The molecule has 0 aliphatic heterocycles. The first kappa shape index (κ1) is 12.6. The minimum Gasteiger partial charge on any atom is -0.388 e. The molecule has 0 heterocycles. The molecule has 1 aromatic rings. The fourth-order valence-electron chi connectivity index (χ4n) is 2.79. The van der Waals surface area contributed by atoms with E-state index in [4.69, 9.17) is 0 Å². The van der Waals surface area contributed by atoms with Gasteiger partial charge < -0.3 is 5.11 Å². The second-order valence-corrected chi connectivity index (χ2v) is 5.45. The summed E-state index contributed by atoms with van der Waals surface area (Å²) in [7, 11) is 0. The summed E-state index contributed by atoms with van der Waals surface area (Å²) in [4.78, 5) is 0. The Balaban J connectivity index is 2.06. The summed E-state index contributed by atoms with van der Waals surface area (Å²) in [6, 6.07) is 6.57. The summed E-state index contributed by atoms with van der Waals surface area (Å²) in [6.45, 7) is 4.36. The molecule has 0 aromatic heterocycles. The fraction of sp³-hybridized carbons (Fsp3) is 0.625. The number of aliphatic hydroxyl groups is 1. The topological polar surface area (TPSA) is 20.2 Å². The zero-order valence-corrected chi connectivity index (χ0v) is 11.1. The van der Waals surface area contributed by atoms with Crippen LogP contribution in [0.25, 0.3) is 0 Å². The van der Waals surface area contributed by atoms with Gasteiger partial charge in [0.1, 0.15) is 0 Å². The van der Waals surface area contributed by atoms with E-state index in [0.717, 1.165) is 12.0 Å². The largest absolute Gasteiger partial charge is 0.388 e. The number of rotatable bonds is 5. The molecule has 2 rings (SSSR count). The lowest BCUT2D eigenvalue weighted by molar-refractivity contribution is 0.111. The van der Waals surface area contributed by atoms with Crippen molar-refractivity contribution in [3.63, 3.8) is 0 Å². The summed E-state index contributed by atoms with van der Waals surface area (Å²) in [5, 5.41) is 10.3. The van der Waals surface area contributed by atoms with Crippen molar-refractivity contribution in [1.82, 2.24) is 0 Å². The number of benzene rings is 1. The third-order valence-electron chi connectivity index (χ3n) is 4.02. The smallest absolute Gasteiger partial charge is 0.0815 e. The lowest BCUT2D eigenvalue weighted by Crippen LogP contribution is -2.09. The van der Waals surface area contributed by atoms with Gasteiger partial charge >= 0.3 is 0 Å². The predicted octanol–water partition coefficient (Wildman–Crippen LogP) is 4.04. The monoisotopic (exact) mass is 232 g/mol. The third kappa shape index (κ3) is 2.90. The van der Waals surface area contributed by atoms with Gasteiger partial charge in [-0.2, -0.15) is 0 Å². The van der Waals surface area contributed by atoms with Gasteiger partial charge in [-0.05, 0) is 48.3 Å². The normalized spacial score (nSPS) is 17.8. The second-order valence-electron chi connectivity index (χ2n) is 5.45. The molecular weight excluding hydrogens is 208 g/mol. The van der Waals surface area contributed by atoms with Crippen LogP contribution in [0.3, 0.4) is 0 Å². The van der Waals surface area contributed by atoms with Crippen LogP contribution >= 0.6 is 0 Å². The summed E-state index contributed by atoms with van der Waals surface area (Å²) >= 11 is 0. The lowest BCUT2D eigenvalue weighted by atomic mass is 9.91. The van der Waals surface area contributed by atoms with Gasteiger partial charge in [-0.15, -0.1) is 0 Å². The summed E-state index contributed by atoms with van der Waals surface area (Å²) in [5.41, 5.74) is 4.07. The molecule has 1 heteroatoms. The Morgan fingerprint density at radius 3 is 2.76 bits per heavy atom. The van der Waals surface area contributed by atoms with Gasteiger partial charge in [-0.25, -0.2) is 0 Å². The zero-order chi connectivity index (χ0) is 12.3. The van der Waals surface area contributed by atoms with Crippen LogP contribution in [0.1, 0.15) is 62.3 Å². The van der Waals surface area contributed by atoms with Crippen molar-refractivity contribution in [3.8, 4) is 0 Å². The average Bonchev–Trinajstić information content (AvgIpc) is 2.81. The van der Waals surface area contributed by atoms with E-state index < -0.39 is 0 Å². The van der Waals surface area contributed by atoms with E-state index >= 15 is 0 Å². The Hall–Kier alpha value is -0.820. The molecule has 1 nitrogen and oxygen atoms in total. The number of unbranched alkanes of at least 4 members (excludes halogenated alkanes) is 1. The van der Waals surface area contributed by atoms with Crippen LogP contribution < -0.4 is 0 Å². The first-order chi connectivity index (χ1) is 8.22. The molecule has 0 bridgehead atoms. The minimum atomic E-state index is -0.285. The highest BCUT2D eigenvalue weighted by Crippen LogP contribution is 2.30. The van der Waals surface area contributed by atoms with E-state index in [2.05, 4.69) is 32.0 Å². The molecule has 2 unspecified atom stereocenters. The van der Waals surface area contributed by atoms with E-state index in [-0.39, 0.29) is 6.10 Å². The van der Waals surface area contributed by atoms with E-state index in [0.29, 0.717) is 5.92 Å². The molecule has 0 saturated carbocycles. The highest BCUT2D eigenvalue weighted by molar-refractivity contribution is 5.36. The fourth-order valence-corrected chi connectivity index (χ4v) is 2.79. The van der Waals surface area contributed by atoms with Crippen LogP contribution in [0, 0.1) is 5.92 Å².